The van der Waals surface area contributed by atoms with Crippen molar-refractivity contribution in [2.75, 3.05) is 0 Å². The van der Waals surface area contributed by atoms with E-state index < -0.39 is 23.4 Å². The van der Waals surface area contributed by atoms with E-state index in [-0.39, 0.29) is 22.5 Å². The van der Waals surface area contributed by atoms with Gasteiger partial charge in [-0.15, -0.1) is 0 Å². The minimum Gasteiger partial charge on any atom is -0.308 e. The second kappa shape index (κ2) is 16.1. The number of alkyl halides is 3. The van der Waals surface area contributed by atoms with Crippen LogP contribution in [0.3, 0.4) is 0 Å². The second-order valence-corrected chi connectivity index (χ2v) is 17.1. The second-order valence-electron chi connectivity index (χ2n) is 17.1. The summed E-state index contributed by atoms with van der Waals surface area (Å²) < 4.78 is 85.9. The van der Waals surface area contributed by atoms with Crippen LogP contribution in [0, 0.1) is 11.6 Å². The number of nitrogens with zero attached hydrogens (tertiary/aromatic N) is 2. The Morgan fingerprint density at radius 3 is 0.926 bits per heavy atom. The van der Waals surface area contributed by atoms with Crippen molar-refractivity contribution < 1.29 is 22.0 Å². The lowest BCUT2D eigenvalue weighted by Crippen LogP contribution is -2.16. The molecule has 0 amide bonds. The molecule has 10 aromatic carbocycles. The molecule has 0 aliphatic heterocycles. The zero-order valence-corrected chi connectivity index (χ0v) is 36.1. The van der Waals surface area contributed by atoms with Crippen molar-refractivity contribution in [3.8, 4) is 67.0 Å². The van der Waals surface area contributed by atoms with E-state index in [2.05, 4.69) is 0 Å². The van der Waals surface area contributed by atoms with Crippen LogP contribution in [0.5, 0.6) is 0 Å². The Bertz CT molecular complexity index is 3480. The summed E-state index contributed by atoms with van der Waals surface area (Å²) in [6.07, 6.45) is -4.99. The van der Waals surface area contributed by atoms with Gasteiger partial charge in [0.25, 0.3) is 0 Å². The van der Waals surface area contributed by atoms with Gasteiger partial charge in [0.05, 0.1) is 33.4 Å². The predicted molar refractivity (Wildman–Crippen MR) is 267 cm³/mol. The first-order chi connectivity index (χ1) is 33.2. The SMILES string of the molecule is Fc1ccc(F)c(-c2cc(-n3c4cc(-c5ccccc5)ccc4c4ccc(-c5ccccc5)cc43)c(C(F)(F)F)c(-n3c4cc(-c5ccccc5)ccc4c4ccc(-c5ccccc5)cc43)c2)c1. The van der Waals surface area contributed by atoms with Gasteiger partial charge >= 0.3 is 6.18 Å². The Morgan fingerprint density at radius 2 is 0.618 bits per heavy atom. The van der Waals surface area contributed by atoms with Crippen LogP contribution in [-0.2, 0) is 6.18 Å². The van der Waals surface area contributed by atoms with Crippen LogP contribution in [0.1, 0.15) is 5.56 Å². The number of fused-ring (bicyclic) bond motifs is 6. The summed E-state index contributed by atoms with van der Waals surface area (Å²) in [5.41, 5.74) is 7.28. The molecule has 2 aromatic heterocycles. The third-order valence-electron chi connectivity index (χ3n) is 13.1. The van der Waals surface area contributed by atoms with Gasteiger partial charge in [0, 0.05) is 27.1 Å². The van der Waals surface area contributed by atoms with Crippen molar-refractivity contribution in [1.82, 2.24) is 9.13 Å². The summed E-state index contributed by atoms with van der Waals surface area (Å²) in [7, 11) is 0. The summed E-state index contributed by atoms with van der Waals surface area (Å²) in [4.78, 5) is 0. The predicted octanol–water partition coefficient (Wildman–Crippen LogP) is 17.5. The molecule has 0 aliphatic rings. The number of halogens is 5. The highest BCUT2D eigenvalue weighted by Crippen LogP contribution is 2.48. The average molecular weight is 893 g/mol. The van der Waals surface area contributed by atoms with E-state index in [4.69, 9.17) is 0 Å². The van der Waals surface area contributed by atoms with Crippen LogP contribution < -0.4 is 0 Å². The maximum absolute atomic E-state index is 17.0. The summed E-state index contributed by atoms with van der Waals surface area (Å²) in [5.74, 6) is -1.50. The number of benzene rings is 10. The van der Waals surface area contributed by atoms with Crippen molar-refractivity contribution in [3.05, 3.63) is 242 Å². The number of hydrogen-bond donors (Lipinski definition) is 0. The molecule has 12 rings (SSSR count). The van der Waals surface area contributed by atoms with Crippen LogP contribution in [0.4, 0.5) is 22.0 Å². The molecule has 0 bridgehead atoms. The van der Waals surface area contributed by atoms with Crippen molar-refractivity contribution in [2.45, 2.75) is 6.18 Å². The van der Waals surface area contributed by atoms with E-state index in [1.807, 2.05) is 194 Å². The molecule has 0 atom stereocenters. The van der Waals surface area contributed by atoms with Gasteiger partial charge in [0.1, 0.15) is 17.2 Å². The molecule has 2 heterocycles. The van der Waals surface area contributed by atoms with Crippen molar-refractivity contribution in [1.29, 1.82) is 0 Å². The lowest BCUT2D eigenvalue weighted by atomic mass is 9.98. The molecule has 0 spiro atoms. The molecule has 0 N–H and O–H groups in total. The molecule has 12 aromatic rings. The fourth-order valence-electron chi connectivity index (χ4n) is 9.93. The molecule has 68 heavy (non-hydrogen) atoms. The quantitative estimate of drug-likeness (QED) is 0.141. The zero-order chi connectivity index (χ0) is 46.1. The van der Waals surface area contributed by atoms with Crippen LogP contribution in [0.15, 0.2) is 224 Å². The van der Waals surface area contributed by atoms with Gasteiger partial charge < -0.3 is 9.13 Å². The van der Waals surface area contributed by atoms with Gasteiger partial charge in [0.15, 0.2) is 0 Å². The molecule has 0 aliphatic carbocycles. The van der Waals surface area contributed by atoms with Crippen LogP contribution in [0.25, 0.3) is 111 Å². The first-order valence-corrected chi connectivity index (χ1v) is 22.3. The summed E-state index contributed by atoms with van der Waals surface area (Å²) in [6.45, 7) is 0. The molecular weight excluding hydrogens is 856 g/mol. The lowest BCUT2D eigenvalue weighted by Gasteiger charge is -2.23. The van der Waals surface area contributed by atoms with Gasteiger partial charge in [0.2, 0.25) is 0 Å². The Labute approximate surface area is 388 Å². The highest BCUT2D eigenvalue weighted by Gasteiger charge is 2.40. The maximum atomic E-state index is 17.0. The highest BCUT2D eigenvalue weighted by atomic mass is 19.4. The van der Waals surface area contributed by atoms with Gasteiger partial charge in [-0.25, -0.2) is 8.78 Å². The maximum Gasteiger partial charge on any atom is 0.420 e. The van der Waals surface area contributed by atoms with Crippen molar-refractivity contribution >= 4 is 43.6 Å². The molecule has 0 unspecified atom stereocenters. The van der Waals surface area contributed by atoms with Crippen molar-refractivity contribution in [2.24, 2.45) is 0 Å². The summed E-state index contributed by atoms with van der Waals surface area (Å²) in [6, 6.07) is 67.9. The number of hydrogen-bond acceptors (Lipinski definition) is 0. The average Bonchev–Trinajstić information content (AvgIpc) is 3.88. The van der Waals surface area contributed by atoms with E-state index in [0.717, 1.165) is 84.3 Å². The summed E-state index contributed by atoms with van der Waals surface area (Å²) >= 11 is 0. The van der Waals surface area contributed by atoms with Gasteiger partial charge in [-0.05, 0) is 105 Å². The Hall–Kier alpha value is -8.55. The molecule has 0 saturated carbocycles. The van der Waals surface area contributed by atoms with Crippen LogP contribution >= 0.6 is 0 Å². The normalized spacial score (nSPS) is 11.9. The fraction of sp³-hybridized carbons (Fsp3) is 0.0164. The van der Waals surface area contributed by atoms with Gasteiger partial charge in [-0.2, -0.15) is 13.2 Å². The van der Waals surface area contributed by atoms with E-state index >= 15 is 22.0 Å². The molecule has 2 nitrogen and oxygen atoms in total. The van der Waals surface area contributed by atoms with Crippen LogP contribution in [-0.4, -0.2) is 9.13 Å². The molecule has 0 fully saturated rings. The first kappa shape index (κ1) is 40.9. The Balaban J connectivity index is 1.27. The van der Waals surface area contributed by atoms with E-state index in [9.17, 15) is 0 Å². The topological polar surface area (TPSA) is 9.86 Å². The van der Waals surface area contributed by atoms with E-state index in [1.165, 1.54) is 12.1 Å². The fourth-order valence-corrected chi connectivity index (χ4v) is 9.93. The standard InChI is InChI=1S/C61H37F5N2/c62-47-25-30-53(63)52(37-47)46-35-58(67-54-31-42(38-13-5-1-6-14-38)21-26-48(54)49-27-22-43(32-55(49)67)39-15-7-2-8-16-39)60(61(64,65)66)59(36-46)68-56-33-44(40-17-9-3-10-18-40)23-28-50(56)51-29-24-45(34-57(51)68)41-19-11-4-12-20-41/h1-37H. The first-order valence-electron chi connectivity index (χ1n) is 22.3. The lowest BCUT2D eigenvalue weighted by molar-refractivity contribution is -0.137. The molecular formula is C61H37F5N2. The van der Waals surface area contributed by atoms with Crippen molar-refractivity contribution in [3.63, 3.8) is 0 Å². The molecule has 0 radical (unpaired) electrons. The van der Waals surface area contributed by atoms with Crippen LogP contribution in [0.2, 0.25) is 0 Å². The monoisotopic (exact) mass is 892 g/mol. The smallest absolute Gasteiger partial charge is 0.308 e. The number of rotatable bonds is 7. The van der Waals surface area contributed by atoms with Gasteiger partial charge in [-0.1, -0.05) is 170 Å². The third kappa shape index (κ3) is 6.94. The minimum absolute atomic E-state index is 0.0712. The number of aromatic nitrogens is 2. The minimum atomic E-state index is -4.99. The largest absolute Gasteiger partial charge is 0.420 e. The third-order valence-corrected chi connectivity index (χ3v) is 13.1. The Morgan fingerprint density at radius 1 is 0.294 bits per heavy atom. The van der Waals surface area contributed by atoms with E-state index in [0.29, 0.717) is 22.1 Å². The summed E-state index contributed by atoms with van der Waals surface area (Å²) in [5, 5.41) is 2.92. The van der Waals surface area contributed by atoms with Gasteiger partial charge in [-0.3, -0.25) is 0 Å². The van der Waals surface area contributed by atoms with E-state index in [1.54, 1.807) is 9.13 Å². The Kier molecular flexibility index (Phi) is 9.69. The zero-order valence-electron chi connectivity index (χ0n) is 36.1. The molecule has 326 valence electrons. The highest BCUT2D eigenvalue weighted by molar-refractivity contribution is 6.13. The molecule has 0 saturated heterocycles. The molecule has 7 heteroatoms.